The molecule has 31 heavy (non-hydrogen) atoms. The van der Waals surface area contributed by atoms with Crippen molar-refractivity contribution >= 4 is 33.0 Å². The Kier molecular flexibility index (Phi) is 7.35. The SMILES string of the molecule is C[C@H](/C=C/S(C)(=O)=O)NC(=O)c1ccc(N2CCOC[C@H]2c2ccccc2Cl)cc1F. The van der Waals surface area contributed by atoms with Crippen LogP contribution >= 0.6 is 11.6 Å². The summed E-state index contributed by atoms with van der Waals surface area (Å²) >= 11 is 6.36. The van der Waals surface area contributed by atoms with E-state index in [0.717, 1.165) is 17.2 Å². The molecule has 1 saturated heterocycles. The van der Waals surface area contributed by atoms with Gasteiger partial charge >= 0.3 is 0 Å². The maximum atomic E-state index is 14.8. The van der Waals surface area contributed by atoms with Gasteiger partial charge in [-0.2, -0.15) is 0 Å². The van der Waals surface area contributed by atoms with E-state index in [0.29, 0.717) is 30.5 Å². The van der Waals surface area contributed by atoms with E-state index in [-0.39, 0.29) is 11.6 Å². The van der Waals surface area contributed by atoms with Gasteiger partial charge in [0.2, 0.25) is 0 Å². The highest BCUT2D eigenvalue weighted by molar-refractivity contribution is 7.93. The molecule has 1 aliphatic rings. The first kappa shape index (κ1) is 23.2. The molecule has 0 bridgehead atoms. The number of anilines is 1. The molecule has 0 aromatic heterocycles. The van der Waals surface area contributed by atoms with Gasteiger partial charge in [-0.15, -0.1) is 0 Å². The molecule has 1 heterocycles. The number of benzene rings is 2. The topological polar surface area (TPSA) is 75.7 Å². The van der Waals surface area contributed by atoms with Gasteiger partial charge in [0, 0.05) is 35.0 Å². The number of carbonyl (C=O) groups is 1. The fourth-order valence-corrected chi connectivity index (χ4v) is 4.16. The molecule has 1 N–H and O–H groups in total. The van der Waals surface area contributed by atoms with Gasteiger partial charge in [-0.25, -0.2) is 12.8 Å². The highest BCUT2D eigenvalue weighted by Crippen LogP contribution is 2.34. The number of ether oxygens (including phenoxy) is 1. The Morgan fingerprint density at radius 1 is 1.32 bits per heavy atom. The molecule has 6 nitrogen and oxygen atoms in total. The standard InChI is InChI=1S/C22H24ClFN2O4S/c1-15(9-12-31(2,28)29)25-22(27)18-8-7-16(13-20(18)24)26-10-11-30-14-21(26)17-5-3-4-6-19(17)23/h3-9,12-13,15,21H,10-11,14H2,1-2H3,(H,25,27)/b12-9+/t15-,21+/m1/s1. The van der Waals surface area contributed by atoms with E-state index in [2.05, 4.69) is 5.32 Å². The predicted octanol–water partition coefficient (Wildman–Crippen LogP) is 3.73. The normalized spacial score (nSPS) is 18.2. The van der Waals surface area contributed by atoms with Gasteiger partial charge in [0.1, 0.15) is 5.82 Å². The van der Waals surface area contributed by atoms with Crippen molar-refractivity contribution < 1.29 is 22.3 Å². The fourth-order valence-electron chi connectivity index (χ4n) is 3.38. The van der Waals surface area contributed by atoms with Gasteiger partial charge in [-0.3, -0.25) is 4.79 Å². The van der Waals surface area contributed by atoms with Crippen LogP contribution in [0.5, 0.6) is 0 Å². The van der Waals surface area contributed by atoms with Crippen LogP contribution in [0.2, 0.25) is 5.02 Å². The lowest BCUT2D eigenvalue weighted by molar-refractivity contribution is 0.0935. The highest BCUT2D eigenvalue weighted by Gasteiger charge is 2.27. The van der Waals surface area contributed by atoms with Crippen LogP contribution in [0.4, 0.5) is 10.1 Å². The van der Waals surface area contributed by atoms with Crippen LogP contribution in [0, 0.1) is 5.82 Å². The summed E-state index contributed by atoms with van der Waals surface area (Å²) < 4.78 is 42.9. The zero-order chi connectivity index (χ0) is 22.6. The molecular formula is C22H24ClFN2O4S. The summed E-state index contributed by atoms with van der Waals surface area (Å²) in [6.45, 7) is 3.06. The predicted molar refractivity (Wildman–Crippen MR) is 120 cm³/mol. The van der Waals surface area contributed by atoms with E-state index in [1.807, 2.05) is 23.1 Å². The number of nitrogens with zero attached hydrogens (tertiary/aromatic N) is 1. The van der Waals surface area contributed by atoms with Crippen molar-refractivity contribution in [3.8, 4) is 0 Å². The molecule has 1 aliphatic heterocycles. The monoisotopic (exact) mass is 466 g/mol. The van der Waals surface area contributed by atoms with Crippen molar-refractivity contribution in [2.75, 3.05) is 30.9 Å². The van der Waals surface area contributed by atoms with Crippen LogP contribution < -0.4 is 10.2 Å². The van der Waals surface area contributed by atoms with E-state index in [1.165, 1.54) is 18.2 Å². The third-order valence-corrected chi connectivity index (χ3v) is 5.89. The van der Waals surface area contributed by atoms with Crippen LogP contribution in [-0.2, 0) is 14.6 Å². The highest BCUT2D eigenvalue weighted by atomic mass is 35.5. The lowest BCUT2D eigenvalue weighted by Gasteiger charge is -2.38. The van der Waals surface area contributed by atoms with Crippen LogP contribution in [0.15, 0.2) is 53.9 Å². The molecule has 3 rings (SSSR count). The Bertz CT molecular complexity index is 1090. The van der Waals surface area contributed by atoms with E-state index < -0.39 is 27.6 Å². The second-order valence-electron chi connectivity index (χ2n) is 7.39. The molecular weight excluding hydrogens is 443 g/mol. The average Bonchev–Trinajstić information content (AvgIpc) is 2.72. The summed E-state index contributed by atoms with van der Waals surface area (Å²) in [4.78, 5) is 14.4. The Balaban J connectivity index is 1.80. The maximum absolute atomic E-state index is 14.8. The maximum Gasteiger partial charge on any atom is 0.254 e. The van der Waals surface area contributed by atoms with Crippen molar-refractivity contribution in [3.05, 3.63) is 75.9 Å². The van der Waals surface area contributed by atoms with Crippen molar-refractivity contribution in [2.24, 2.45) is 0 Å². The van der Waals surface area contributed by atoms with Gasteiger partial charge in [-0.1, -0.05) is 35.9 Å². The van der Waals surface area contributed by atoms with Crippen molar-refractivity contribution in [2.45, 2.75) is 19.0 Å². The summed E-state index contributed by atoms with van der Waals surface area (Å²) in [5.41, 5.74) is 1.38. The average molecular weight is 467 g/mol. The lowest BCUT2D eigenvalue weighted by Crippen LogP contribution is -2.40. The molecule has 0 unspecified atom stereocenters. The summed E-state index contributed by atoms with van der Waals surface area (Å²) in [6, 6.07) is 11.1. The summed E-state index contributed by atoms with van der Waals surface area (Å²) in [7, 11) is -3.31. The fraction of sp³-hybridized carbons (Fsp3) is 0.318. The zero-order valence-electron chi connectivity index (χ0n) is 17.2. The third-order valence-electron chi connectivity index (χ3n) is 4.89. The summed E-state index contributed by atoms with van der Waals surface area (Å²) in [5, 5.41) is 4.18. The number of sulfone groups is 1. The molecule has 2 atom stereocenters. The van der Waals surface area contributed by atoms with Gasteiger partial charge in [0.15, 0.2) is 9.84 Å². The molecule has 1 amide bonds. The molecule has 0 aliphatic carbocycles. The molecule has 0 saturated carbocycles. The molecule has 2 aromatic rings. The number of nitrogens with one attached hydrogen (secondary N) is 1. The van der Waals surface area contributed by atoms with Crippen molar-refractivity contribution in [1.29, 1.82) is 0 Å². The van der Waals surface area contributed by atoms with Gasteiger partial charge in [0.25, 0.3) is 5.91 Å². The number of morpholine rings is 1. The molecule has 9 heteroatoms. The number of carbonyl (C=O) groups excluding carboxylic acids is 1. The minimum Gasteiger partial charge on any atom is -0.377 e. The smallest absolute Gasteiger partial charge is 0.254 e. The van der Waals surface area contributed by atoms with Gasteiger partial charge < -0.3 is 15.0 Å². The molecule has 0 radical (unpaired) electrons. The van der Waals surface area contributed by atoms with Crippen LogP contribution in [0.3, 0.4) is 0 Å². The van der Waals surface area contributed by atoms with Crippen LogP contribution in [-0.4, -0.2) is 46.4 Å². The third kappa shape index (κ3) is 6.06. The summed E-state index contributed by atoms with van der Waals surface area (Å²) in [6.07, 6.45) is 2.39. The Morgan fingerprint density at radius 3 is 2.74 bits per heavy atom. The van der Waals surface area contributed by atoms with Gasteiger partial charge in [0.05, 0.1) is 24.8 Å². The minimum absolute atomic E-state index is 0.120. The van der Waals surface area contributed by atoms with E-state index >= 15 is 0 Å². The first-order chi connectivity index (χ1) is 14.7. The first-order valence-corrected chi connectivity index (χ1v) is 12.1. The largest absolute Gasteiger partial charge is 0.377 e. The number of hydrogen-bond donors (Lipinski definition) is 1. The molecule has 2 aromatic carbocycles. The van der Waals surface area contributed by atoms with E-state index in [9.17, 15) is 17.6 Å². The number of halogens is 2. The Labute approximate surface area is 186 Å². The van der Waals surface area contributed by atoms with Crippen LogP contribution in [0.25, 0.3) is 0 Å². The zero-order valence-corrected chi connectivity index (χ0v) is 18.8. The van der Waals surface area contributed by atoms with Gasteiger partial charge in [-0.05, 0) is 36.8 Å². The number of amides is 1. The Hall–Kier alpha value is -2.42. The Morgan fingerprint density at radius 2 is 2.06 bits per heavy atom. The van der Waals surface area contributed by atoms with E-state index in [4.69, 9.17) is 16.3 Å². The molecule has 0 spiro atoms. The molecule has 166 valence electrons. The number of hydrogen-bond acceptors (Lipinski definition) is 5. The second kappa shape index (κ2) is 9.80. The molecule has 1 fully saturated rings. The summed E-state index contributed by atoms with van der Waals surface area (Å²) in [5.74, 6) is -1.29. The first-order valence-electron chi connectivity index (χ1n) is 9.73. The lowest BCUT2D eigenvalue weighted by atomic mass is 10.0. The quantitative estimate of drug-likeness (QED) is 0.702. The van der Waals surface area contributed by atoms with Crippen molar-refractivity contribution in [1.82, 2.24) is 5.32 Å². The van der Waals surface area contributed by atoms with Crippen LogP contribution in [0.1, 0.15) is 28.9 Å². The second-order valence-corrected chi connectivity index (χ2v) is 9.73. The number of rotatable bonds is 6. The van der Waals surface area contributed by atoms with E-state index in [1.54, 1.807) is 19.1 Å². The van der Waals surface area contributed by atoms with Crippen molar-refractivity contribution in [3.63, 3.8) is 0 Å². The minimum atomic E-state index is -3.31.